The third-order valence-corrected chi connectivity index (χ3v) is 2.45. The molecule has 0 spiro atoms. The number of nitrogens with zero attached hydrogens (tertiary/aromatic N) is 1. The Labute approximate surface area is 84.1 Å². The smallest absolute Gasteiger partial charge is 0.0312 e. The van der Waals surface area contributed by atoms with Gasteiger partial charge in [0.2, 0.25) is 0 Å². The van der Waals surface area contributed by atoms with Gasteiger partial charge in [0.05, 0.1) is 0 Å². The van der Waals surface area contributed by atoms with E-state index in [1.54, 1.807) is 6.20 Å². The average Bonchev–Trinajstić information content (AvgIpc) is 2.19. The van der Waals surface area contributed by atoms with Gasteiger partial charge in [-0.2, -0.15) is 11.8 Å². The number of hydrogen-bond donors (Lipinski definition) is 1. The first-order chi connectivity index (χ1) is 6.43. The second-order valence-electron chi connectivity index (χ2n) is 2.88. The van der Waals surface area contributed by atoms with E-state index in [1.807, 2.05) is 24.0 Å². The highest BCUT2D eigenvalue weighted by Gasteiger charge is 1.90. The molecule has 0 saturated heterocycles. The van der Waals surface area contributed by atoms with E-state index in [2.05, 4.69) is 22.6 Å². The summed E-state index contributed by atoms with van der Waals surface area (Å²) < 4.78 is 0. The molecule has 13 heavy (non-hydrogen) atoms. The Morgan fingerprint density at radius 3 is 3.15 bits per heavy atom. The van der Waals surface area contributed by atoms with Crippen LogP contribution in [-0.2, 0) is 6.54 Å². The normalized spacial score (nSPS) is 10.2. The highest BCUT2D eigenvalue weighted by atomic mass is 32.2. The molecule has 0 aliphatic rings. The molecule has 0 atom stereocenters. The van der Waals surface area contributed by atoms with E-state index in [0.29, 0.717) is 0 Å². The fourth-order valence-corrected chi connectivity index (χ4v) is 1.51. The van der Waals surface area contributed by atoms with Gasteiger partial charge in [-0.15, -0.1) is 0 Å². The lowest BCUT2D eigenvalue weighted by atomic mass is 10.3. The Bertz CT molecular complexity index is 213. The van der Waals surface area contributed by atoms with Gasteiger partial charge in [0.1, 0.15) is 0 Å². The van der Waals surface area contributed by atoms with Crippen molar-refractivity contribution < 1.29 is 0 Å². The molecule has 0 aliphatic heterocycles. The molecule has 1 aromatic rings. The van der Waals surface area contributed by atoms with Crippen molar-refractivity contribution in [3.05, 3.63) is 30.1 Å². The SMILES string of the molecule is CSCCCNCc1cccnc1. The monoisotopic (exact) mass is 196 g/mol. The summed E-state index contributed by atoms with van der Waals surface area (Å²) >= 11 is 1.90. The van der Waals surface area contributed by atoms with Crippen LogP contribution in [0, 0.1) is 0 Å². The summed E-state index contributed by atoms with van der Waals surface area (Å²) in [6.45, 7) is 2.03. The fraction of sp³-hybridized carbons (Fsp3) is 0.500. The molecule has 72 valence electrons. The van der Waals surface area contributed by atoms with Crippen molar-refractivity contribution in [2.24, 2.45) is 0 Å². The molecule has 0 amide bonds. The maximum absolute atomic E-state index is 4.06. The van der Waals surface area contributed by atoms with Crippen LogP contribution in [0.25, 0.3) is 0 Å². The first kappa shape index (κ1) is 10.5. The number of pyridine rings is 1. The predicted octanol–water partition coefficient (Wildman–Crippen LogP) is 1.92. The zero-order valence-corrected chi connectivity index (χ0v) is 8.81. The fourth-order valence-electron chi connectivity index (χ4n) is 1.08. The van der Waals surface area contributed by atoms with Crippen LogP contribution in [0.2, 0.25) is 0 Å². The van der Waals surface area contributed by atoms with Gasteiger partial charge in [0.15, 0.2) is 0 Å². The summed E-state index contributed by atoms with van der Waals surface area (Å²) in [6.07, 6.45) is 7.08. The lowest BCUT2D eigenvalue weighted by Crippen LogP contribution is -2.15. The minimum Gasteiger partial charge on any atom is -0.313 e. The van der Waals surface area contributed by atoms with E-state index < -0.39 is 0 Å². The number of hydrogen-bond acceptors (Lipinski definition) is 3. The predicted molar refractivity (Wildman–Crippen MR) is 58.9 cm³/mol. The largest absolute Gasteiger partial charge is 0.313 e. The summed E-state index contributed by atoms with van der Waals surface area (Å²) in [5.41, 5.74) is 1.26. The highest BCUT2D eigenvalue weighted by molar-refractivity contribution is 7.98. The molecule has 1 rings (SSSR count). The quantitative estimate of drug-likeness (QED) is 0.704. The van der Waals surface area contributed by atoms with Gasteiger partial charge >= 0.3 is 0 Å². The highest BCUT2D eigenvalue weighted by Crippen LogP contribution is 1.96. The first-order valence-corrected chi connectivity index (χ1v) is 5.91. The first-order valence-electron chi connectivity index (χ1n) is 4.52. The van der Waals surface area contributed by atoms with Gasteiger partial charge in [-0.3, -0.25) is 4.98 Å². The topological polar surface area (TPSA) is 24.9 Å². The molecular weight excluding hydrogens is 180 g/mol. The minimum absolute atomic E-state index is 0.933. The Kier molecular flexibility index (Phi) is 5.61. The summed E-state index contributed by atoms with van der Waals surface area (Å²) in [7, 11) is 0. The molecule has 1 N–H and O–H groups in total. The van der Waals surface area contributed by atoms with Gasteiger partial charge in [0.25, 0.3) is 0 Å². The van der Waals surface area contributed by atoms with E-state index in [-0.39, 0.29) is 0 Å². The van der Waals surface area contributed by atoms with Gasteiger partial charge in [0, 0.05) is 18.9 Å². The molecule has 2 nitrogen and oxygen atoms in total. The Morgan fingerprint density at radius 1 is 1.54 bits per heavy atom. The standard InChI is InChI=1S/C10H16N2S/c1-13-7-3-6-12-9-10-4-2-5-11-8-10/h2,4-5,8,12H,3,6-7,9H2,1H3. The lowest BCUT2D eigenvalue weighted by Gasteiger charge is -2.02. The summed E-state index contributed by atoms with van der Waals surface area (Å²) in [5, 5.41) is 3.38. The molecule has 0 fully saturated rings. The Balaban J connectivity index is 2.07. The summed E-state index contributed by atoms with van der Waals surface area (Å²) in [6, 6.07) is 4.06. The lowest BCUT2D eigenvalue weighted by molar-refractivity contribution is 0.677. The maximum atomic E-state index is 4.06. The zero-order valence-electron chi connectivity index (χ0n) is 7.99. The molecule has 0 radical (unpaired) electrons. The van der Waals surface area contributed by atoms with Crippen molar-refractivity contribution in [3.8, 4) is 0 Å². The Hall–Kier alpha value is -0.540. The second-order valence-corrected chi connectivity index (χ2v) is 3.87. The number of rotatable bonds is 6. The average molecular weight is 196 g/mol. The Morgan fingerprint density at radius 2 is 2.46 bits per heavy atom. The van der Waals surface area contributed by atoms with Crippen LogP contribution in [0.1, 0.15) is 12.0 Å². The molecule has 0 unspecified atom stereocenters. The van der Waals surface area contributed by atoms with E-state index in [4.69, 9.17) is 0 Å². The van der Waals surface area contributed by atoms with Gasteiger partial charge in [-0.25, -0.2) is 0 Å². The van der Waals surface area contributed by atoms with Crippen molar-refractivity contribution in [2.45, 2.75) is 13.0 Å². The van der Waals surface area contributed by atoms with Crippen molar-refractivity contribution in [1.29, 1.82) is 0 Å². The van der Waals surface area contributed by atoms with Crippen LogP contribution in [0.4, 0.5) is 0 Å². The van der Waals surface area contributed by atoms with Crippen molar-refractivity contribution in [3.63, 3.8) is 0 Å². The van der Waals surface area contributed by atoms with E-state index in [0.717, 1.165) is 13.1 Å². The van der Waals surface area contributed by atoms with Crippen LogP contribution < -0.4 is 5.32 Å². The number of thioether (sulfide) groups is 1. The number of nitrogens with one attached hydrogen (secondary N) is 1. The molecular formula is C10H16N2S. The van der Waals surface area contributed by atoms with E-state index in [1.165, 1.54) is 17.7 Å². The molecule has 0 aromatic carbocycles. The zero-order chi connectivity index (χ0) is 9.36. The molecule has 0 aliphatic carbocycles. The van der Waals surface area contributed by atoms with Crippen molar-refractivity contribution >= 4 is 11.8 Å². The third kappa shape index (κ3) is 4.90. The molecule has 0 saturated carbocycles. The maximum Gasteiger partial charge on any atom is 0.0312 e. The van der Waals surface area contributed by atoms with Crippen LogP contribution in [-0.4, -0.2) is 23.5 Å². The number of aromatic nitrogens is 1. The molecule has 1 aromatic heterocycles. The molecule has 0 bridgehead atoms. The van der Waals surface area contributed by atoms with Crippen LogP contribution in [0.5, 0.6) is 0 Å². The van der Waals surface area contributed by atoms with Crippen molar-refractivity contribution in [2.75, 3.05) is 18.6 Å². The van der Waals surface area contributed by atoms with Crippen LogP contribution in [0.15, 0.2) is 24.5 Å². The van der Waals surface area contributed by atoms with Gasteiger partial charge < -0.3 is 5.32 Å². The minimum atomic E-state index is 0.933. The summed E-state index contributed by atoms with van der Waals surface area (Å²) in [4.78, 5) is 4.06. The molecule has 3 heteroatoms. The van der Waals surface area contributed by atoms with Gasteiger partial charge in [-0.1, -0.05) is 6.07 Å². The second kappa shape index (κ2) is 6.92. The van der Waals surface area contributed by atoms with Gasteiger partial charge in [-0.05, 0) is 36.6 Å². The summed E-state index contributed by atoms with van der Waals surface area (Å²) in [5.74, 6) is 1.24. The molecule has 1 heterocycles. The van der Waals surface area contributed by atoms with Crippen molar-refractivity contribution in [1.82, 2.24) is 10.3 Å². The van der Waals surface area contributed by atoms with Crippen LogP contribution >= 0.6 is 11.8 Å². The van der Waals surface area contributed by atoms with Crippen LogP contribution in [0.3, 0.4) is 0 Å². The van der Waals surface area contributed by atoms with E-state index in [9.17, 15) is 0 Å². The third-order valence-electron chi connectivity index (χ3n) is 1.75. The van der Waals surface area contributed by atoms with E-state index >= 15 is 0 Å².